The lowest BCUT2D eigenvalue weighted by Gasteiger charge is -2.22. The molecular formula is C21H28NO6PS. The van der Waals surface area contributed by atoms with Crippen LogP contribution in [-0.2, 0) is 29.5 Å². The molecule has 0 spiro atoms. The van der Waals surface area contributed by atoms with Gasteiger partial charge in [-0.15, -0.1) is 11.3 Å². The lowest BCUT2D eigenvalue weighted by Crippen LogP contribution is -2.34. The fraction of sp³-hybridized carbons (Fsp3) is 0.429. The molecule has 9 heteroatoms. The summed E-state index contributed by atoms with van der Waals surface area (Å²) in [4.78, 5) is 24.6. The van der Waals surface area contributed by atoms with Crippen LogP contribution in [0.15, 0.2) is 36.9 Å². The highest BCUT2D eigenvalue weighted by Crippen LogP contribution is 2.47. The van der Waals surface area contributed by atoms with Crippen LogP contribution >= 0.6 is 18.9 Å². The van der Waals surface area contributed by atoms with E-state index in [-0.39, 0.29) is 19.4 Å². The van der Waals surface area contributed by atoms with Gasteiger partial charge in [0.25, 0.3) is 7.52 Å². The Balaban J connectivity index is 2.17. The third-order valence-electron chi connectivity index (χ3n) is 4.03. The highest BCUT2D eigenvalue weighted by molar-refractivity contribution is 7.56. The summed E-state index contributed by atoms with van der Waals surface area (Å²) in [5.41, 5.74) is 0.768. The molecule has 0 saturated carbocycles. The van der Waals surface area contributed by atoms with Crippen molar-refractivity contribution in [2.75, 3.05) is 19.8 Å². The van der Waals surface area contributed by atoms with E-state index in [1.165, 1.54) is 17.4 Å². The van der Waals surface area contributed by atoms with Crippen molar-refractivity contribution in [2.45, 2.75) is 39.4 Å². The summed E-state index contributed by atoms with van der Waals surface area (Å²) in [5, 5.41) is 3.67. The van der Waals surface area contributed by atoms with Gasteiger partial charge in [0.1, 0.15) is 17.5 Å². The van der Waals surface area contributed by atoms with Gasteiger partial charge in [-0.05, 0) is 49.4 Å². The van der Waals surface area contributed by atoms with Crippen molar-refractivity contribution in [1.82, 2.24) is 5.09 Å². The minimum Gasteiger partial charge on any atom is -0.465 e. The number of ether oxygens (including phenoxy) is 2. The van der Waals surface area contributed by atoms with Crippen molar-refractivity contribution in [3.8, 4) is 0 Å². The third kappa shape index (κ3) is 6.77. The van der Waals surface area contributed by atoms with E-state index in [0.29, 0.717) is 17.9 Å². The molecule has 2 rings (SSSR count). The monoisotopic (exact) mass is 453 g/mol. The van der Waals surface area contributed by atoms with Crippen LogP contribution < -0.4 is 5.09 Å². The number of nitrogens with one attached hydrogen (secondary N) is 1. The van der Waals surface area contributed by atoms with Crippen molar-refractivity contribution < 1.29 is 28.2 Å². The van der Waals surface area contributed by atoms with Gasteiger partial charge in [-0.25, -0.2) is 9.88 Å². The van der Waals surface area contributed by atoms with Gasteiger partial charge >= 0.3 is 11.9 Å². The van der Waals surface area contributed by atoms with E-state index in [0.717, 1.165) is 15.6 Å². The average molecular weight is 453 g/mol. The van der Waals surface area contributed by atoms with Gasteiger partial charge in [0.15, 0.2) is 0 Å². The molecule has 7 nitrogen and oxygen atoms in total. The molecule has 1 aromatic heterocycles. The summed E-state index contributed by atoms with van der Waals surface area (Å²) in [7, 11) is -3.34. The fourth-order valence-corrected chi connectivity index (χ4v) is 5.73. The number of fused-ring (bicyclic) bond motifs is 1. The van der Waals surface area contributed by atoms with Crippen LogP contribution in [0, 0.1) is 0 Å². The molecular weight excluding hydrogens is 425 g/mol. The van der Waals surface area contributed by atoms with Gasteiger partial charge < -0.3 is 14.0 Å². The Morgan fingerprint density at radius 2 is 2.03 bits per heavy atom. The minimum atomic E-state index is -3.34. The third-order valence-corrected chi connectivity index (χ3v) is 7.37. The molecule has 0 radical (unpaired) electrons. The average Bonchev–Trinajstić information content (AvgIpc) is 3.13. The van der Waals surface area contributed by atoms with Crippen LogP contribution in [-0.4, -0.2) is 37.8 Å². The maximum absolute atomic E-state index is 13.3. The largest absolute Gasteiger partial charge is 0.465 e. The van der Waals surface area contributed by atoms with Gasteiger partial charge in [-0.2, -0.15) is 0 Å². The minimum absolute atomic E-state index is 0.105. The molecule has 0 aliphatic rings. The Morgan fingerprint density at radius 3 is 2.70 bits per heavy atom. The first-order valence-corrected chi connectivity index (χ1v) is 12.4. The quantitative estimate of drug-likeness (QED) is 0.277. The molecule has 2 aromatic rings. The molecule has 1 N–H and O–H groups in total. The predicted molar refractivity (Wildman–Crippen MR) is 119 cm³/mol. The van der Waals surface area contributed by atoms with E-state index in [1.54, 1.807) is 19.9 Å². The van der Waals surface area contributed by atoms with Crippen LogP contribution in [0.5, 0.6) is 0 Å². The van der Waals surface area contributed by atoms with Gasteiger partial charge in [0.2, 0.25) is 0 Å². The van der Waals surface area contributed by atoms with Crippen molar-refractivity contribution in [3.05, 3.63) is 47.4 Å². The van der Waals surface area contributed by atoms with E-state index in [9.17, 15) is 14.2 Å². The number of thiophene rings is 1. The van der Waals surface area contributed by atoms with E-state index in [2.05, 4.69) is 11.7 Å². The number of hydrogen-bond acceptors (Lipinski definition) is 7. The van der Waals surface area contributed by atoms with Crippen LogP contribution in [0.1, 0.15) is 42.4 Å². The smallest absolute Gasteiger partial charge is 0.348 e. The topological polar surface area (TPSA) is 90.9 Å². The molecule has 0 amide bonds. The van der Waals surface area contributed by atoms with E-state index < -0.39 is 25.5 Å². The first-order valence-electron chi connectivity index (χ1n) is 9.80. The Morgan fingerprint density at radius 1 is 1.27 bits per heavy atom. The Kier molecular flexibility index (Phi) is 9.24. The zero-order valence-corrected chi connectivity index (χ0v) is 19.2. The number of carbonyl (C=O) groups excluding carboxylic acids is 2. The second-order valence-corrected chi connectivity index (χ2v) is 9.90. The van der Waals surface area contributed by atoms with Crippen LogP contribution in [0.4, 0.5) is 0 Å². The Labute approximate surface area is 180 Å². The summed E-state index contributed by atoms with van der Waals surface area (Å²) < 4.78 is 29.9. The first-order chi connectivity index (χ1) is 14.3. The van der Waals surface area contributed by atoms with Crippen molar-refractivity contribution >= 4 is 40.9 Å². The summed E-state index contributed by atoms with van der Waals surface area (Å²) in [6, 6.07) is 6.56. The maximum Gasteiger partial charge on any atom is 0.348 e. The summed E-state index contributed by atoms with van der Waals surface area (Å²) in [6.45, 7) is 9.49. The number of rotatable bonds is 12. The summed E-state index contributed by atoms with van der Waals surface area (Å²) in [5.74, 6) is -0.869. The zero-order valence-electron chi connectivity index (χ0n) is 17.5. The molecule has 164 valence electrons. The van der Waals surface area contributed by atoms with E-state index in [1.807, 2.05) is 25.1 Å². The molecule has 2 atom stereocenters. The summed E-state index contributed by atoms with van der Waals surface area (Å²) >= 11 is 1.33. The van der Waals surface area contributed by atoms with Crippen LogP contribution in [0.25, 0.3) is 10.1 Å². The van der Waals surface area contributed by atoms with Gasteiger partial charge in [-0.1, -0.05) is 25.6 Å². The van der Waals surface area contributed by atoms with Crippen molar-refractivity contribution in [3.63, 3.8) is 0 Å². The molecule has 1 heterocycles. The van der Waals surface area contributed by atoms with Crippen molar-refractivity contribution in [1.29, 1.82) is 0 Å². The molecule has 0 bridgehead atoms. The van der Waals surface area contributed by atoms with Crippen molar-refractivity contribution in [2.24, 2.45) is 0 Å². The normalized spacial score (nSPS) is 14.1. The molecule has 0 fully saturated rings. The standard InChI is InChI=1S/C21H28NO6PS/c1-5-10-26-20(23)15(4)22-29(25,28-7-3)14-16-8-9-18-17(12-16)13-19(30-18)21(24)27-11-6-2/h6,8-9,12-13,15H,2,5,7,10-11,14H2,1,3-4H3,(H,22,25)/t15-,29?/m0/s1. The molecule has 1 aromatic carbocycles. The Hall–Kier alpha value is -1.99. The lowest BCUT2D eigenvalue weighted by atomic mass is 10.2. The highest BCUT2D eigenvalue weighted by atomic mass is 32.1. The van der Waals surface area contributed by atoms with E-state index >= 15 is 0 Å². The second kappa shape index (κ2) is 11.4. The fourth-order valence-electron chi connectivity index (χ4n) is 2.75. The number of benzene rings is 1. The zero-order chi connectivity index (χ0) is 22.1. The molecule has 0 aliphatic carbocycles. The first kappa shape index (κ1) is 24.3. The van der Waals surface area contributed by atoms with Crippen LogP contribution in [0.2, 0.25) is 0 Å². The highest BCUT2D eigenvalue weighted by Gasteiger charge is 2.29. The molecule has 1 unspecified atom stereocenters. The van der Waals surface area contributed by atoms with Gasteiger partial charge in [0.05, 0.1) is 19.4 Å². The predicted octanol–water partition coefficient (Wildman–Crippen LogP) is 4.91. The van der Waals surface area contributed by atoms with Crippen LogP contribution in [0.3, 0.4) is 0 Å². The molecule has 0 aliphatic heterocycles. The van der Waals surface area contributed by atoms with Gasteiger partial charge in [0, 0.05) is 4.70 Å². The maximum atomic E-state index is 13.3. The molecule has 0 saturated heterocycles. The molecule has 30 heavy (non-hydrogen) atoms. The summed E-state index contributed by atoms with van der Waals surface area (Å²) in [6.07, 6.45) is 2.33. The number of hydrogen-bond donors (Lipinski definition) is 1. The van der Waals surface area contributed by atoms with E-state index in [4.69, 9.17) is 14.0 Å². The number of carbonyl (C=O) groups is 2. The Bertz CT molecular complexity index is 941. The number of esters is 2. The lowest BCUT2D eigenvalue weighted by molar-refractivity contribution is -0.145. The van der Waals surface area contributed by atoms with Gasteiger partial charge in [-0.3, -0.25) is 9.36 Å². The SMILES string of the molecule is C=CCOC(=O)c1cc2cc(CP(=O)(N[C@@H](C)C(=O)OCCC)OCC)ccc2s1. The second-order valence-electron chi connectivity index (χ2n) is 6.64.